The van der Waals surface area contributed by atoms with E-state index in [0.29, 0.717) is 28.3 Å². The van der Waals surface area contributed by atoms with Crippen LogP contribution in [0.4, 0.5) is 5.13 Å². The SMILES string of the molecule is CCCOc1ccc(C2c3c(oc4ccc(CC)cc4c3=O)C(=O)N2c2nc(C)c(C)s2)cc1. The quantitative estimate of drug-likeness (QED) is 0.344. The summed E-state index contributed by atoms with van der Waals surface area (Å²) < 4.78 is 11.8. The van der Waals surface area contributed by atoms with E-state index in [1.165, 1.54) is 11.3 Å². The van der Waals surface area contributed by atoms with Gasteiger partial charge in [-0.3, -0.25) is 14.5 Å². The number of aromatic nitrogens is 1. The number of nitrogens with zero attached hydrogens (tertiary/aromatic N) is 2. The van der Waals surface area contributed by atoms with E-state index >= 15 is 0 Å². The average molecular weight is 475 g/mol. The molecule has 3 heterocycles. The Morgan fingerprint density at radius 2 is 1.85 bits per heavy atom. The van der Waals surface area contributed by atoms with Crippen molar-refractivity contribution in [3.05, 3.63) is 85.7 Å². The summed E-state index contributed by atoms with van der Waals surface area (Å²) in [5.74, 6) is 0.489. The van der Waals surface area contributed by atoms with Crippen molar-refractivity contribution in [1.82, 2.24) is 4.98 Å². The molecule has 7 heteroatoms. The van der Waals surface area contributed by atoms with Crippen LogP contribution in [0.15, 0.2) is 51.7 Å². The molecule has 0 radical (unpaired) electrons. The number of amides is 1. The van der Waals surface area contributed by atoms with E-state index in [-0.39, 0.29) is 17.1 Å². The zero-order valence-electron chi connectivity index (χ0n) is 19.7. The zero-order chi connectivity index (χ0) is 24.0. The molecule has 1 atom stereocenters. The number of carbonyl (C=O) groups is 1. The van der Waals surface area contributed by atoms with Crippen LogP contribution in [0.25, 0.3) is 11.0 Å². The van der Waals surface area contributed by atoms with Crippen LogP contribution >= 0.6 is 11.3 Å². The van der Waals surface area contributed by atoms with Gasteiger partial charge in [0.2, 0.25) is 5.76 Å². The average Bonchev–Trinajstić information content (AvgIpc) is 3.33. The van der Waals surface area contributed by atoms with E-state index in [2.05, 4.69) is 11.9 Å². The molecule has 1 aliphatic heterocycles. The molecule has 34 heavy (non-hydrogen) atoms. The maximum atomic E-state index is 13.8. The van der Waals surface area contributed by atoms with Gasteiger partial charge in [-0.25, -0.2) is 4.98 Å². The molecule has 1 amide bonds. The van der Waals surface area contributed by atoms with Crippen LogP contribution in [-0.4, -0.2) is 17.5 Å². The van der Waals surface area contributed by atoms with Gasteiger partial charge in [0.05, 0.1) is 29.3 Å². The van der Waals surface area contributed by atoms with Crippen LogP contribution in [0.1, 0.15) is 64.1 Å². The molecular formula is C27H26N2O4S. The Morgan fingerprint density at radius 1 is 1.09 bits per heavy atom. The van der Waals surface area contributed by atoms with Gasteiger partial charge < -0.3 is 9.15 Å². The molecule has 2 aromatic heterocycles. The van der Waals surface area contributed by atoms with Gasteiger partial charge in [0.25, 0.3) is 5.91 Å². The molecule has 0 aliphatic carbocycles. The molecule has 0 saturated carbocycles. The Morgan fingerprint density at radius 3 is 2.50 bits per heavy atom. The molecular weight excluding hydrogens is 448 g/mol. The number of benzene rings is 2. The lowest BCUT2D eigenvalue weighted by molar-refractivity contribution is 0.0971. The third-order valence-electron chi connectivity index (χ3n) is 6.23. The number of fused-ring (bicyclic) bond motifs is 2. The van der Waals surface area contributed by atoms with E-state index in [1.54, 1.807) is 11.0 Å². The normalized spacial score (nSPS) is 15.2. The van der Waals surface area contributed by atoms with E-state index in [0.717, 1.165) is 40.3 Å². The first-order valence-corrected chi connectivity index (χ1v) is 12.3. The number of hydrogen-bond acceptors (Lipinski definition) is 6. The summed E-state index contributed by atoms with van der Waals surface area (Å²) in [6.07, 6.45) is 1.72. The summed E-state index contributed by atoms with van der Waals surface area (Å²) in [4.78, 5) is 34.7. The highest BCUT2D eigenvalue weighted by Crippen LogP contribution is 2.43. The minimum atomic E-state index is -0.626. The lowest BCUT2D eigenvalue weighted by atomic mass is 9.98. The first-order valence-electron chi connectivity index (χ1n) is 11.5. The van der Waals surface area contributed by atoms with E-state index in [9.17, 15) is 9.59 Å². The molecule has 0 fully saturated rings. The lowest BCUT2D eigenvalue weighted by Crippen LogP contribution is -2.29. The molecule has 0 saturated heterocycles. The highest BCUT2D eigenvalue weighted by Gasteiger charge is 2.45. The van der Waals surface area contributed by atoms with Crippen LogP contribution in [-0.2, 0) is 6.42 Å². The predicted molar refractivity (Wildman–Crippen MR) is 134 cm³/mol. The fraction of sp³-hybridized carbons (Fsp3) is 0.296. The number of aryl methyl sites for hydroxylation is 3. The second-order valence-electron chi connectivity index (χ2n) is 8.49. The third-order valence-corrected chi connectivity index (χ3v) is 7.31. The van der Waals surface area contributed by atoms with Gasteiger partial charge in [0.15, 0.2) is 10.6 Å². The van der Waals surface area contributed by atoms with E-state index in [4.69, 9.17) is 9.15 Å². The highest BCUT2D eigenvalue weighted by atomic mass is 32.1. The summed E-state index contributed by atoms with van der Waals surface area (Å²) in [5.41, 5.74) is 3.32. The van der Waals surface area contributed by atoms with Crippen molar-refractivity contribution in [2.75, 3.05) is 11.5 Å². The Hall–Kier alpha value is -3.45. The predicted octanol–water partition coefficient (Wildman–Crippen LogP) is 5.97. The first kappa shape index (κ1) is 22.3. The molecule has 2 aromatic carbocycles. The number of thiazole rings is 1. The molecule has 0 bridgehead atoms. The molecule has 174 valence electrons. The van der Waals surface area contributed by atoms with Gasteiger partial charge in [-0.1, -0.05) is 32.0 Å². The van der Waals surface area contributed by atoms with Crippen LogP contribution < -0.4 is 15.1 Å². The van der Waals surface area contributed by atoms with Gasteiger partial charge in [-0.05, 0) is 62.1 Å². The van der Waals surface area contributed by atoms with Crippen molar-refractivity contribution in [3.8, 4) is 5.75 Å². The summed E-state index contributed by atoms with van der Waals surface area (Å²) in [6, 6.07) is 12.5. The Bertz CT molecular complexity index is 1430. The summed E-state index contributed by atoms with van der Waals surface area (Å²) >= 11 is 1.44. The minimum absolute atomic E-state index is 0.0866. The summed E-state index contributed by atoms with van der Waals surface area (Å²) in [5, 5.41) is 1.05. The molecule has 0 spiro atoms. The van der Waals surface area contributed by atoms with Crippen molar-refractivity contribution < 1.29 is 13.9 Å². The smallest absolute Gasteiger partial charge is 0.297 e. The highest BCUT2D eigenvalue weighted by molar-refractivity contribution is 7.15. The largest absolute Gasteiger partial charge is 0.494 e. The molecule has 4 aromatic rings. The fourth-order valence-electron chi connectivity index (χ4n) is 4.28. The number of rotatable bonds is 6. The van der Waals surface area contributed by atoms with Gasteiger partial charge in [-0.15, -0.1) is 11.3 Å². The Labute approximate surface area is 201 Å². The maximum Gasteiger partial charge on any atom is 0.297 e. The summed E-state index contributed by atoms with van der Waals surface area (Å²) in [7, 11) is 0. The summed E-state index contributed by atoms with van der Waals surface area (Å²) in [6.45, 7) is 8.62. The molecule has 5 rings (SSSR count). The maximum absolute atomic E-state index is 13.8. The number of carbonyl (C=O) groups excluding carboxylic acids is 1. The van der Waals surface area contributed by atoms with Crippen molar-refractivity contribution in [2.24, 2.45) is 0 Å². The monoisotopic (exact) mass is 474 g/mol. The molecule has 0 N–H and O–H groups in total. The number of anilines is 1. The molecule has 1 aliphatic rings. The number of hydrogen-bond donors (Lipinski definition) is 0. The second kappa shape index (κ2) is 8.72. The second-order valence-corrected chi connectivity index (χ2v) is 9.67. The topological polar surface area (TPSA) is 72.6 Å². The van der Waals surface area contributed by atoms with E-state index < -0.39 is 6.04 Å². The van der Waals surface area contributed by atoms with Crippen molar-refractivity contribution in [2.45, 2.75) is 46.6 Å². The van der Waals surface area contributed by atoms with Crippen molar-refractivity contribution in [3.63, 3.8) is 0 Å². The van der Waals surface area contributed by atoms with Gasteiger partial charge in [0, 0.05) is 4.88 Å². The van der Waals surface area contributed by atoms with Gasteiger partial charge in [0.1, 0.15) is 11.3 Å². The standard InChI is InChI=1S/C27H26N2O4S/c1-5-13-32-19-10-8-18(9-11-19)23-22-24(30)20-14-17(6-2)7-12-21(20)33-25(22)26(31)29(23)27-28-15(3)16(4)34-27/h7-12,14,23H,5-6,13H2,1-4H3. The Balaban J connectivity index is 1.72. The van der Waals surface area contributed by atoms with Crippen LogP contribution in [0.5, 0.6) is 5.75 Å². The minimum Gasteiger partial charge on any atom is -0.494 e. The van der Waals surface area contributed by atoms with Crippen LogP contribution in [0, 0.1) is 13.8 Å². The molecule has 1 unspecified atom stereocenters. The van der Waals surface area contributed by atoms with Gasteiger partial charge >= 0.3 is 0 Å². The van der Waals surface area contributed by atoms with Crippen LogP contribution in [0.2, 0.25) is 0 Å². The first-order chi connectivity index (χ1) is 16.4. The van der Waals surface area contributed by atoms with Crippen molar-refractivity contribution >= 4 is 33.3 Å². The number of ether oxygens (including phenoxy) is 1. The van der Waals surface area contributed by atoms with Gasteiger partial charge in [-0.2, -0.15) is 0 Å². The lowest BCUT2D eigenvalue weighted by Gasteiger charge is -2.22. The van der Waals surface area contributed by atoms with Crippen molar-refractivity contribution in [1.29, 1.82) is 0 Å². The zero-order valence-corrected chi connectivity index (χ0v) is 20.5. The Kier molecular flexibility index (Phi) is 5.73. The third kappa shape index (κ3) is 3.60. The molecule has 6 nitrogen and oxygen atoms in total. The van der Waals surface area contributed by atoms with E-state index in [1.807, 2.05) is 57.2 Å². The van der Waals surface area contributed by atoms with Crippen LogP contribution in [0.3, 0.4) is 0 Å². The fourth-order valence-corrected chi connectivity index (χ4v) is 5.21.